The van der Waals surface area contributed by atoms with Gasteiger partial charge in [0.2, 0.25) is 0 Å². The minimum Gasteiger partial charge on any atom is -0.336 e. The van der Waals surface area contributed by atoms with E-state index in [0.29, 0.717) is 11.3 Å². The number of halogens is 1. The molecule has 0 atom stereocenters. The summed E-state index contributed by atoms with van der Waals surface area (Å²) >= 11 is 0. The van der Waals surface area contributed by atoms with Crippen LogP contribution in [0.4, 0.5) is 4.39 Å². The molecule has 25 heavy (non-hydrogen) atoms. The summed E-state index contributed by atoms with van der Waals surface area (Å²) < 4.78 is 14.9. The fraction of sp³-hybridized carbons (Fsp3) is 0.105. The molecule has 0 radical (unpaired) electrons. The van der Waals surface area contributed by atoms with Gasteiger partial charge in [-0.05, 0) is 24.3 Å². The van der Waals surface area contributed by atoms with Crippen molar-refractivity contribution < 1.29 is 9.18 Å². The van der Waals surface area contributed by atoms with E-state index < -0.39 is 5.91 Å². The minimum atomic E-state index is -0.395. The van der Waals surface area contributed by atoms with Crippen LogP contribution in [0, 0.1) is 5.82 Å². The molecule has 0 saturated carbocycles. The van der Waals surface area contributed by atoms with Gasteiger partial charge in [0.25, 0.3) is 11.5 Å². The topological polar surface area (TPSA) is 55.2 Å². The summed E-state index contributed by atoms with van der Waals surface area (Å²) in [5.41, 5.74) is 0.760. The van der Waals surface area contributed by atoms with Gasteiger partial charge in [0.1, 0.15) is 11.5 Å². The van der Waals surface area contributed by atoms with Crippen LogP contribution in [-0.2, 0) is 6.54 Å². The van der Waals surface area contributed by atoms with E-state index >= 15 is 0 Å². The second kappa shape index (κ2) is 7.09. The predicted octanol–water partition coefficient (Wildman–Crippen LogP) is 2.64. The molecule has 3 rings (SSSR count). The van der Waals surface area contributed by atoms with Gasteiger partial charge >= 0.3 is 0 Å². The molecule has 0 bridgehead atoms. The minimum absolute atomic E-state index is 0.109. The van der Waals surface area contributed by atoms with Gasteiger partial charge in [0.15, 0.2) is 0 Å². The first-order chi connectivity index (χ1) is 12.1. The molecule has 1 amide bonds. The number of benzene rings is 2. The highest BCUT2D eigenvalue weighted by atomic mass is 19.1. The van der Waals surface area contributed by atoms with Crippen molar-refractivity contribution in [2.45, 2.75) is 6.54 Å². The van der Waals surface area contributed by atoms with Crippen molar-refractivity contribution in [1.29, 1.82) is 0 Å². The van der Waals surface area contributed by atoms with E-state index in [9.17, 15) is 14.0 Å². The Balaban J connectivity index is 1.87. The quantitative estimate of drug-likeness (QED) is 0.735. The van der Waals surface area contributed by atoms with E-state index in [0.717, 1.165) is 0 Å². The van der Waals surface area contributed by atoms with Crippen molar-refractivity contribution in [3.63, 3.8) is 0 Å². The maximum Gasteiger partial charge on any atom is 0.274 e. The van der Waals surface area contributed by atoms with Gasteiger partial charge < -0.3 is 4.90 Å². The second-order valence-electron chi connectivity index (χ2n) is 5.56. The standard InChI is InChI=1S/C19H16FN3O2/c1-22(13-14-7-5-6-10-16(14)20)19(25)17-11-12-18(24)23(21-17)15-8-3-2-4-9-15/h2-12H,13H2,1H3. The molecular weight excluding hydrogens is 321 g/mol. The molecule has 0 aliphatic heterocycles. The first-order valence-corrected chi connectivity index (χ1v) is 7.71. The van der Waals surface area contributed by atoms with Crippen LogP contribution in [-0.4, -0.2) is 27.6 Å². The van der Waals surface area contributed by atoms with Crippen molar-refractivity contribution in [1.82, 2.24) is 14.7 Å². The van der Waals surface area contributed by atoms with Gasteiger partial charge in [-0.1, -0.05) is 36.4 Å². The van der Waals surface area contributed by atoms with Crippen LogP contribution in [0.5, 0.6) is 0 Å². The zero-order valence-electron chi connectivity index (χ0n) is 13.6. The number of carbonyl (C=O) groups excluding carboxylic acids is 1. The predicted molar refractivity (Wildman–Crippen MR) is 92.0 cm³/mol. The fourth-order valence-corrected chi connectivity index (χ4v) is 2.43. The largest absolute Gasteiger partial charge is 0.336 e. The molecule has 3 aromatic rings. The lowest BCUT2D eigenvalue weighted by Gasteiger charge is -2.17. The lowest BCUT2D eigenvalue weighted by Crippen LogP contribution is -2.30. The van der Waals surface area contributed by atoms with Gasteiger partial charge in [-0.2, -0.15) is 9.78 Å². The van der Waals surface area contributed by atoms with Crippen molar-refractivity contribution in [3.8, 4) is 5.69 Å². The summed E-state index contributed by atoms with van der Waals surface area (Å²) in [5.74, 6) is -0.766. The second-order valence-corrected chi connectivity index (χ2v) is 5.56. The highest BCUT2D eigenvalue weighted by molar-refractivity contribution is 5.91. The molecule has 0 N–H and O–H groups in total. The highest BCUT2D eigenvalue weighted by Crippen LogP contribution is 2.11. The number of hydrogen-bond acceptors (Lipinski definition) is 3. The van der Waals surface area contributed by atoms with Crippen LogP contribution in [0.3, 0.4) is 0 Å². The Morgan fingerprint density at radius 2 is 1.72 bits per heavy atom. The molecular formula is C19H16FN3O2. The molecule has 6 heteroatoms. The Kier molecular flexibility index (Phi) is 4.70. The summed E-state index contributed by atoms with van der Waals surface area (Å²) in [5, 5.41) is 4.15. The van der Waals surface area contributed by atoms with Crippen LogP contribution >= 0.6 is 0 Å². The Bertz CT molecular complexity index is 954. The first kappa shape index (κ1) is 16.6. The van der Waals surface area contributed by atoms with Crippen LogP contribution < -0.4 is 5.56 Å². The van der Waals surface area contributed by atoms with Crippen LogP contribution in [0.2, 0.25) is 0 Å². The van der Waals surface area contributed by atoms with Gasteiger partial charge in [0, 0.05) is 25.2 Å². The van der Waals surface area contributed by atoms with Crippen LogP contribution in [0.1, 0.15) is 16.1 Å². The number of para-hydroxylation sites is 1. The lowest BCUT2D eigenvalue weighted by molar-refractivity contribution is 0.0776. The van der Waals surface area contributed by atoms with Gasteiger partial charge in [-0.3, -0.25) is 9.59 Å². The third kappa shape index (κ3) is 3.63. The molecule has 0 unspecified atom stereocenters. The third-order valence-electron chi connectivity index (χ3n) is 3.73. The normalized spacial score (nSPS) is 10.5. The summed E-state index contributed by atoms with van der Waals surface area (Å²) in [6.45, 7) is 0.109. The Morgan fingerprint density at radius 3 is 2.44 bits per heavy atom. The molecule has 5 nitrogen and oxygen atoms in total. The highest BCUT2D eigenvalue weighted by Gasteiger charge is 2.16. The maximum atomic E-state index is 13.8. The number of aromatic nitrogens is 2. The van der Waals surface area contributed by atoms with Gasteiger partial charge in [-0.15, -0.1) is 0 Å². The van der Waals surface area contributed by atoms with E-state index in [1.807, 2.05) is 6.07 Å². The number of nitrogens with zero attached hydrogens (tertiary/aromatic N) is 3. The lowest BCUT2D eigenvalue weighted by atomic mass is 10.2. The Morgan fingerprint density at radius 1 is 1.04 bits per heavy atom. The summed E-state index contributed by atoms with van der Waals surface area (Å²) in [6, 6.07) is 17.8. The van der Waals surface area contributed by atoms with Crippen LogP contribution in [0.15, 0.2) is 71.5 Å². The number of carbonyl (C=O) groups is 1. The SMILES string of the molecule is CN(Cc1ccccc1F)C(=O)c1ccc(=O)n(-c2ccccc2)n1. The van der Waals surface area contributed by atoms with Crippen LogP contribution in [0.25, 0.3) is 5.69 Å². The van der Waals surface area contributed by atoms with E-state index in [1.54, 1.807) is 49.5 Å². The van der Waals surface area contributed by atoms with Crippen molar-refractivity contribution in [2.75, 3.05) is 7.05 Å². The summed E-state index contributed by atoms with van der Waals surface area (Å²) in [7, 11) is 1.56. The summed E-state index contributed by atoms with van der Waals surface area (Å²) in [4.78, 5) is 26.0. The molecule has 0 spiro atoms. The molecule has 0 saturated heterocycles. The Labute approximate surface area is 144 Å². The zero-order chi connectivity index (χ0) is 17.8. The fourth-order valence-electron chi connectivity index (χ4n) is 2.43. The molecule has 2 aromatic carbocycles. The molecule has 0 aliphatic rings. The van der Waals surface area contributed by atoms with E-state index in [4.69, 9.17) is 0 Å². The van der Waals surface area contributed by atoms with Crippen molar-refractivity contribution in [3.05, 3.63) is 94.2 Å². The smallest absolute Gasteiger partial charge is 0.274 e. The maximum absolute atomic E-state index is 13.8. The first-order valence-electron chi connectivity index (χ1n) is 7.71. The molecule has 0 fully saturated rings. The molecule has 1 aromatic heterocycles. The molecule has 126 valence electrons. The monoisotopic (exact) mass is 337 g/mol. The number of rotatable bonds is 4. The molecule has 1 heterocycles. The molecule has 0 aliphatic carbocycles. The number of hydrogen-bond donors (Lipinski definition) is 0. The van der Waals surface area contributed by atoms with Gasteiger partial charge in [0.05, 0.1) is 5.69 Å². The zero-order valence-corrected chi connectivity index (χ0v) is 13.6. The Hall–Kier alpha value is -3.28. The van der Waals surface area contributed by atoms with Gasteiger partial charge in [-0.25, -0.2) is 4.39 Å². The van der Waals surface area contributed by atoms with Crippen molar-refractivity contribution >= 4 is 5.91 Å². The van der Waals surface area contributed by atoms with E-state index in [1.165, 1.54) is 27.8 Å². The van der Waals surface area contributed by atoms with Crippen molar-refractivity contribution in [2.24, 2.45) is 0 Å². The van der Waals surface area contributed by atoms with E-state index in [-0.39, 0.29) is 23.6 Å². The summed E-state index contributed by atoms with van der Waals surface area (Å²) in [6.07, 6.45) is 0. The third-order valence-corrected chi connectivity index (χ3v) is 3.73. The van der Waals surface area contributed by atoms with E-state index in [2.05, 4.69) is 5.10 Å². The average molecular weight is 337 g/mol. The average Bonchev–Trinajstić information content (AvgIpc) is 2.64. The number of amides is 1.